The van der Waals surface area contributed by atoms with Crippen LogP contribution in [-0.4, -0.2) is 37.4 Å². The van der Waals surface area contributed by atoms with Gasteiger partial charge in [-0.1, -0.05) is 19.9 Å². The molecule has 1 aromatic rings. The molecule has 2 aliphatic carbocycles. The summed E-state index contributed by atoms with van der Waals surface area (Å²) in [4.78, 5) is 15.3. The molecule has 3 heteroatoms. The number of piperidine rings is 1. The molecule has 0 aromatic heterocycles. The maximum atomic E-state index is 12.8. The molecule has 23 heavy (non-hydrogen) atoms. The zero-order chi connectivity index (χ0) is 16.4. The van der Waals surface area contributed by atoms with E-state index in [1.54, 1.807) is 7.11 Å². The molecule has 0 spiro atoms. The molecule has 0 N–H and O–H groups in total. The maximum absolute atomic E-state index is 12.8. The minimum atomic E-state index is 0.0301. The third-order valence-corrected chi connectivity index (χ3v) is 7.16. The average Bonchev–Trinajstić information content (AvgIpc) is 2.55. The van der Waals surface area contributed by atoms with E-state index in [1.807, 2.05) is 0 Å². The second kappa shape index (κ2) is 5.07. The van der Waals surface area contributed by atoms with Gasteiger partial charge in [-0.2, -0.15) is 0 Å². The molecule has 5 atom stereocenters. The number of rotatable bonds is 1. The van der Waals surface area contributed by atoms with Crippen molar-refractivity contribution in [2.45, 2.75) is 44.6 Å². The lowest BCUT2D eigenvalue weighted by molar-refractivity contribution is -0.137. The summed E-state index contributed by atoms with van der Waals surface area (Å²) in [6.07, 6.45) is 2.91. The summed E-state index contributed by atoms with van der Waals surface area (Å²) in [6, 6.07) is 7.09. The molecular formula is C20H27NO2. The largest absolute Gasteiger partial charge is 0.497 e. The summed E-state index contributed by atoms with van der Waals surface area (Å²) in [5.41, 5.74) is 2.86. The van der Waals surface area contributed by atoms with Gasteiger partial charge in [0.05, 0.1) is 7.11 Å². The van der Waals surface area contributed by atoms with Crippen LogP contribution in [0, 0.1) is 17.8 Å². The van der Waals surface area contributed by atoms with Crippen molar-refractivity contribution in [3.63, 3.8) is 0 Å². The molecular weight excluding hydrogens is 286 g/mol. The predicted octanol–water partition coefficient (Wildman–Crippen LogP) is 3.05. The topological polar surface area (TPSA) is 29.5 Å². The first-order valence-electron chi connectivity index (χ1n) is 8.88. The summed E-state index contributed by atoms with van der Waals surface area (Å²) in [5.74, 6) is 2.59. The number of nitrogens with zero attached hydrogens (tertiary/aromatic N) is 1. The number of hydrogen-bond acceptors (Lipinski definition) is 3. The predicted molar refractivity (Wildman–Crippen MR) is 90.9 cm³/mol. The van der Waals surface area contributed by atoms with Gasteiger partial charge in [-0.25, -0.2) is 0 Å². The van der Waals surface area contributed by atoms with Crippen molar-refractivity contribution in [3.8, 4) is 5.75 Å². The summed E-state index contributed by atoms with van der Waals surface area (Å²) >= 11 is 0. The van der Waals surface area contributed by atoms with Crippen LogP contribution in [-0.2, 0) is 16.6 Å². The maximum Gasteiger partial charge on any atom is 0.136 e. The molecule has 1 saturated carbocycles. The molecule has 0 amide bonds. The lowest BCUT2D eigenvalue weighted by Gasteiger charge is -2.61. The van der Waals surface area contributed by atoms with Crippen molar-refractivity contribution >= 4 is 5.78 Å². The normalized spacial score (nSPS) is 39.6. The van der Waals surface area contributed by atoms with Crippen molar-refractivity contribution in [1.29, 1.82) is 0 Å². The van der Waals surface area contributed by atoms with Crippen LogP contribution >= 0.6 is 0 Å². The minimum absolute atomic E-state index is 0.0301. The quantitative estimate of drug-likeness (QED) is 0.798. The van der Waals surface area contributed by atoms with Gasteiger partial charge in [0, 0.05) is 23.8 Å². The van der Waals surface area contributed by atoms with Crippen LogP contribution in [0.25, 0.3) is 0 Å². The Bertz CT molecular complexity index is 655. The van der Waals surface area contributed by atoms with E-state index < -0.39 is 0 Å². The van der Waals surface area contributed by atoms with Crippen LogP contribution in [0.4, 0.5) is 0 Å². The number of Topliss-reactive ketones (excluding diaryl/α,β-unsaturated/α-hetero) is 1. The average molecular weight is 313 g/mol. The van der Waals surface area contributed by atoms with Crippen molar-refractivity contribution < 1.29 is 9.53 Å². The second-order valence-electron chi connectivity index (χ2n) is 8.00. The number of methoxy groups -OCH3 is 1. The van der Waals surface area contributed by atoms with Gasteiger partial charge in [-0.15, -0.1) is 0 Å². The number of likely N-dealkylation sites (N-methyl/N-ethyl adjacent to an activating group) is 1. The number of likely N-dealkylation sites (tertiary alicyclic amines) is 1. The van der Waals surface area contributed by atoms with Crippen LogP contribution < -0.4 is 4.74 Å². The second-order valence-corrected chi connectivity index (χ2v) is 8.00. The summed E-state index contributed by atoms with van der Waals surface area (Å²) in [6.45, 7) is 5.53. The van der Waals surface area contributed by atoms with E-state index in [0.29, 0.717) is 30.1 Å². The summed E-state index contributed by atoms with van der Waals surface area (Å²) in [5, 5.41) is 0. The first kappa shape index (κ1) is 15.2. The van der Waals surface area contributed by atoms with E-state index in [9.17, 15) is 4.79 Å². The molecule has 1 aliphatic heterocycles. The number of benzene rings is 1. The third-order valence-electron chi connectivity index (χ3n) is 7.16. The fourth-order valence-corrected chi connectivity index (χ4v) is 5.73. The Labute approximate surface area is 139 Å². The fourth-order valence-electron chi connectivity index (χ4n) is 5.73. The molecule has 3 nitrogen and oxygen atoms in total. The Kier molecular flexibility index (Phi) is 3.35. The number of hydrogen-bond donors (Lipinski definition) is 0. The van der Waals surface area contributed by atoms with Gasteiger partial charge in [0.15, 0.2) is 0 Å². The van der Waals surface area contributed by atoms with Crippen LogP contribution in [0.2, 0.25) is 0 Å². The Hall–Kier alpha value is -1.35. The van der Waals surface area contributed by atoms with E-state index in [4.69, 9.17) is 4.74 Å². The lowest BCUT2D eigenvalue weighted by Crippen LogP contribution is -2.64. The number of fused-ring (bicyclic) bond motifs is 1. The zero-order valence-corrected chi connectivity index (χ0v) is 14.6. The van der Waals surface area contributed by atoms with Crippen LogP contribution in [0.1, 0.15) is 37.8 Å². The van der Waals surface area contributed by atoms with E-state index in [2.05, 4.69) is 44.0 Å². The molecule has 1 saturated heterocycles. The molecule has 1 heterocycles. The van der Waals surface area contributed by atoms with E-state index >= 15 is 0 Å². The number of carbonyl (C=O) groups is 1. The number of carbonyl (C=O) groups excluding carboxylic acids is 1. The summed E-state index contributed by atoms with van der Waals surface area (Å²) < 4.78 is 5.49. The van der Waals surface area contributed by atoms with E-state index in [-0.39, 0.29) is 11.3 Å². The number of ketones is 1. The van der Waals surface area contributed by atoms with Crippen LogP contribution in [0.5, 0.6) is 5.75 Å². The molecule has 4 rings (SSSR count). The number of ether oxygens (including phenoxy) is 1. The van der Waals surface area contributed by atoms with E-state index in [0.717, 1.165) is 25.1 Å². The van der Waals surface area contributed by atoms with Crippen molar-refractivity contribution in [2.24, 2.45) is 17.8 Å². The molecule has 1 aromatic carbocycles. The lowest BCUT2D eigenvalue weighted by atomic mass is 9.48. The molecule has 0 unspecified atom stereocenters. The highest BCUT2D eigenvalue weighted by atomic mass is 16.5. The highest BCUT2D eigenvalue weighted by molar-refractivity contribution is 5.84. The SMILES string of the molecule is COc1ccc2c(c1)[C@@]13CCN(C)[C@H](C2)[C@H]1[C@@H](C)[C@@H](C)C(=O)C3. The van der Waals surface area contributed by atoms with Gasteiger partial charge in [-0.05, 0) is 61.5 Å². The highest BCUT2D eigenvalue weighted by Crippen LogP contribution is 2.58. The van der Waals surface area contributed by atoms with Gasteiger partial charge < -0.3 is 9.64 Å². The van der Waals surface area contributed by atoms with Gasteiger partial charge in [0.25, 0.3) is 0 Å². The van der Waals surface area contributed by atoms with Gasteiger partial charge in [-0.3, -0.25) is 4.79 Å². The van der Waals surface area contributed by atoms with Crippen molar-refractivity contribution in [1.82, 2.24) is 4.90 Å². The Morgan fingerprint density at radius 2 is 2.09 bits per heavy atom. The van der Waals surface area contributed by atoms with Gasteiger partial charge >= 0.3 is 0 Å². The Balaban J connectivity index is 1.92. The van der Waals surface area contributed by atoms with Crippen LogP contribution in [0.15, 0.2) is 18.2 Å². The minimum Gasteiger partial charge on any atom is -0.497 e. The Morgan fingerprint density at radius 3 is 2.83 bits per heavy atom. The highest BCUT2D eigenvalue weighted by Gasteiger charge is 2.58. The zero-order valence-electron chi connectivity index (χ0n) is 14.6. The Morgan fingerprint density at radius 1 is 1.30 bits per heavy atom. The van der Waals surface area contributed by atoms with Crippen molar-refractivity contribution in [2.75, 3.05) is 20.7 Å². The molecule has 124 valence electrons. The molecule has 0 radical (unpaired) electrons. The van der Waals surface area contributed by atoms with Crippen molar-refractivity contribution in [3.05, 3.63) is 29.3 Å². The molecule has 2 bridgehead atoms. The standard InChI is InChI=1S/C20H27NO2/c1-12-13(2)19-17-9-14-5-6-15(23-4)10-16(14)20(19,11-18(12)22)7-8-21(17)3/h5-6,10,12-13,17,19H,7-9,11H2,1-4H3/t12-,13+,17-,19-,20+/m1/s1. The third kappa shape index (κ3) is 1.95. The van der Waals surface area contributed by atoms with Gasteiger partial charge in [0.1, 0.15) is 11.5 Å². The first-order chi connectivity index (χ1) is 11.0. The van der Waals surface area contributed by atoms with E-state index in [1.165, 1.54) is 11.1 Å². The monoisotopic (exact) mass is 313 g/mol. The first-order valence-corrected chi connectivity index (χ1v) is 8.88. The van der Waals surface area contributed by atoms with Gasteiger partial charge in [0.2, 0.25) is 0 Å². The molecule has 3 aliphatic rings. The molecule has 2 fully saturated rings. The fraction of sp³-hybridized carbons (Fsp3) is 0.650. The smallest absolute Gasteiger partial charge is 0.136 e. The summed E-state index contributed by atoms with van der Waals surface area (Å²) in [7, 11) is 3.99. The van der Waals surface area contributed by atoms with Crippen LogP contribution in [0.3, 0.4) is 0 Å².